The Labute approximate surface area is 228 Å². The lowest BCUT2D eigenvalue weighted by molar-refractivity contribution is -0.137. The Bertz CT molecular complexity index is 1160. The number of halogens is 1. The van der Waals surface area contributed by atoms with Gasteiger partial charge in [-0.25, -0.2) is 5.43 Å². The highest BCUT2D eigenvalue weighted by atomic mass is 79.9. The van der Waals surface area contributed by atoms with E-state index in [1.807, 2.05) is 6.92 Å². The molecule has 1 aliphatic heterocycles. The molecule has 3 amide bonds. The summed E-state index contributed by atoms with van der Waals surface area (Å²) < 4.78 is 22.6. The number of carbonyl (C=O) groups is 3. The molecule has 1 heterocycles. The van der Waals surface area contributed by atoms with Crippen molar-refractivity contribution in [2.75, 3.05) is 51.4 Å². The van der Waals surface area contributed by atoms with Crippen molar-refractivity contribution in [1.29, 1.82) is 0 Å². The largest absolute Gasteiger partial charge is 0.490 e. The quantitative estimate of drug-likeness (QED) is 0.179. The number of carbonyl (C=O) groups excluding carboxylic acids is 3. The van der Waals surface area contributed by atoms with Crippen molar-refractivity contribution in [3.63, 3.8) is 0 Å². The molecule has 2 N–H and O–H groups in total. The monoisotopic (exact) mass is 588 g/mol. The summed E-state index contributed by atoms with van der Waals surface area (Å²) in [5.41, 5.74) is 3.17. The van der Waals surface area contributed by atoms with E-state index >= 15 is 0 Å². The average molecular weight is 589 g/mol. The molecule has 0 aliphatic carbocycles. The second kappa shape index (κ2) is 14.7. The molecule has 1 aliphatic rings. The number of hydrogen-bond donors (Lipinski definition) is 2. The summed E-state index contributed by atoms with van der Waals surface area (Å²) in [5, 5.41) is 6.34. The van der Waals surface area contributed by atoms with Gasteiger partial charge in [0.25, 0.3) is 5.91 Å². The molecule has 1 fully saturated rings. The number of amides is 3. The molecule has 38 heavy (non-hydrogen) atoms. The third kappa shape index (κ3) is 8.60. The maximum atomic E-state index is 12.4. The minimum Gasteiger partial charge on any atom is -0.490 e. The van der Waals surface area contributed by atoms with Crippen LogP contribution in [0.25, 0.3) is 0 Å². The molecule has 0 atom stereocenters. The van der Waals surface area contributed by atoms with Crippen LogP contribution in [-0.4, -0.2) is 75.0 Å². The lowest BCUT2D eigenvalue weighted by Crippen LogP contribution is -2.43. The van der Waals surface area contributed by atoms with Gasteiger partial charge in [0.2, 0.25) is 0 Å². The van der Waals surface area contributed by atoms with Crippen LogP contribution in [-0.2, 0) is 19.1 Å². The van der Waals surface area contributed by atoms with Crippen molar-refractivity contribution in [3.05, 3.63) is 59.1 Å². The number of benzene rings is 2. The van der Waals surface area contributed by atoms with E-state index < -0.39 is 11.8 Å². The van der Waals surface area contributed by atoms with Crippen LogP contribution >= 0.6 is 15.9 Å². The van der Waals surface area contributed by atoms with E-state index in [9.17, 15) is 14.4 Å². The Hall–Kier alpha value is -3.90. The SMILES string of the molecule is C=CCOc1ccc(NC(=O)C(=O)N/N=C\c2cc(Br)c(OCC(=O)N3CCOCC3)c(OCC)c2)cc1. The van der Waals surface area contributed by atoms with Gasteiger partial charge in [0.05, 0.1) is 30.5 Å². The van der Waals surface area contributed by atoms with Crippen molar-refractivity contribution in [3.8, 4) is 17.2 Å². The zero-order valence-corrected chi connectivity index (χ0v) is 22.5. The first-order chi connectivity index (χ1) is 18.4. The molecule has 0 bridgehead atoms. The van der Waals surface area contributed by atoms with Gasteiger partial charge >= 0.3 is 11.8 Å². The van der Waals surface area contributed by atoms with Gasteiger partial charge in [-0.2, -0.15) is 5.10 Å². The van der Waals surface area contributed by atoms with Gasteiger partial charge in [-0.3, -0.25) is 14.4 Å². The minimum atomic E-state index is -0.945. The predicted molar refractivity (Wildman–Crippen MR) is 145 cm³/mol. The van der Waals surface area contributed by atoms with E-state index in [-0.39, 0.29) is 12.5 Å². The number of nitrogens with zero attached hydrogens (tertiary/aromatic N) is 2. The summed E-state index contributed by atoms with van der Waals surface area (Å²) in [6.45, 7) is 8.02. The molecule has 3 rings (SSSR count). The number of hydrogen-bond acceptors (Lipinski definition) is 8. The van der Waals surface area contributed by atoms with Crippen molar-refractivity contribution < 1.29 is 33.3 Å². The number of nitrogens with one attached hydrogen (secondary N) is 2. The highest BCUT2D eigenvalue weighted by molar-refractivity contribution is 9.10. The molecule has 0 saturated carbocycles. The van der Waals surface area contributed by atoms with Crippen LogP contribution in [0.1, 0.15) is 12.5 Å². The zero-order chi connectivity index (χ0) is 27.3. The minimum absolute atomic E-state index is 0.147. The standard InChI is InChI=1S/C26H29BrN4O7/c1-3-11-37-20-7-5-19(6-8-20)29-25(33)26(34)30-28-16-18-14-21(27)24(22(15-18)36-4-2)38-17-23(32)31-9-12-35-13-10-31/h3,5-8,14-16H,1,4,9-13,17H2,2H3,(H,29,33)(H,30,34)/b28-16-. The van der Waals surface area contributed by atoms with Crippen LogP contribution in [0.2, 0.25) is 0 Å². The van der Waals surface area contributed by atoms with Crippen LogP contribution in [0.3, 0.4) is 0 Å². The molecule has 11 nitrogen and oxygen atoms in total. The number of morpholine rings is 1. The smallest absolute Gasteiger partial charge is 0.329 e. The highest BCUT2D eigenvalue weighted by Gasteiger charge is 2.19. The van der Waals surface area contributed by atoms with Crippen LogP contribution in [0.4, 0.5) is 5.69 Å². The van der Waals surface area contributed by atoms with Crippen LogP contribution in [0.5, 0.6) is 17.2 Å². The van der Waals surface area contributed by atoms with E-state index in [0.717, 1.165) is 0 Å². The zero-order valence-electron chi connectivity index (χ0n) is 20.9. The molecule has 12 heteroatoms. The first-order valence-corrected chi connectivity index (χ1v) is 12.6. The van der Waals surface area contributed by atoms with Crippen molar-refractivity contribution in [2.45, 2.75) is 6.92 Å². The van der Waals surface area contributed by atoms with Gasteiger partial charge in [0, 0.05) is 18.8 Å². The molecule has 2 aromatic carbocycles. The Balaban J connectivity index is 1.57. The Morgan fingerprint density at radius 1 is 1.11 bits per heavy atom. The van der Waals surface area contributed by atoms with Crippen LogP contribution < -0.4 is 25.0 Å². The van der Waals surface area contributed by atoms with Crippen LogP contribution in [0, 0.1) is 0 Å². The molecular weight excluding hydrogens is 560 g/mol. The fourth-order valence-electron chi connectivity index (χ4n) is 3.30. The molecule has 0 radical (unpaired) electrons. The predicted octanol–water partition coefficient (Wildman–Crippen LogP) is 2.74. The van der Waals surface area contributed by atoms with Crippen molar-refractivity contribution in [2.24, 2.45) is 5.10 Å². The number of hydrazone groups is 1. The summed E-state index contributed by atoms with van der Waals surface area (Å²) in [6.07, 6.45) is 2.97. The Morgan fingerprint density at radius 2 is 1.84 bits per heavy atom. The lowest BCUT2D eigenvalue weighted by atomic mass is 10.2. The summed E-state index contributed by atoms with van der Waals surface area (Å²) in [7, 11) is 0. The number of anilines is 1. The number of ether oxygens (including phenoxy) is 4. The lowest BCUT2D eigenvalue weighted by Gasteiger charge is -2.27. The van der Waals surface area contributed by atoms with E-state index in [0.29, 0.717) is 72.5 Å². The fourth-order valence-corrected chi connectivity index (χ4v) is 3.87. The molecule has 202 valence electrons. The van der Waals surface area contributed by atoms with E-state index in [1.165, 1.54) is 6.21 Å². The second-order valence-corrected chi connectivity index (χ2v) is 8.68. The van der Waals surface area contributed by atoms with Gasteiger partial charge in [0.1, 0.15) is 12.4 Å². The normalized spacial score (nSPS) is 13.1. The second-order valence-electron chi connectivity index (χ2n) is 7.82. The van der Waals surface area contributed by atoms with E-state index in [1.54, 1.807) is 47.4 Å². The molecular formula is C26H29BrN4O7. The molecule has 0 spiro atoms. The number of rotatable bonds is 11. The van der Waals surface area contributed by atoms with Gasteiger partial charge in [0.15, 0.2) is 18.1 Å². The molecule has 2 aromatic rings. The highest BCUT2D eigenvalue weighted by Crippen LogP contribution is 2.36. The van der Waals surface area contributed by atoms with E-state index in [4.69, 9.17) is 18.9 Å². The first kappa shape index (κ1) is 28.7. The molecule has 1 saturated heterocycles. The maximum Gasteiger partial charge on any atom is 0.329 e. The molecule has 0 aromatic heterocycles. The Kier molecular flexibility index (Phi) is 11.1. The summed E-state index contributed by atoms with van der Waals surface area (Å²) in [4.78, 5) is 38.4. The Morgan fingerprint density at radius 3 is 2.53 bits per heavy atom. The van der Waals surface area contributed by atoms with E-state index in [2.05, 4.69) is 38.4 Å². The topological polar surface area (TPSA) is 128 Å². The fraction of sp³-hybridized carbons (Fsp3) is 0.308. The van der Waals surface area contributed by atoms with Gasteiger partial charge in [-0.15, -0.1) is 0 Å². The van der Waals surface area contributed by atoms with Crippen LogP contribution in [0.15, 0.2) is 58.6 Å². The summed E-state index contributed by atoms with van der Waals surface area (Å²) in [6, 6.07) is 9.87. The summed E-state index contributed by atoms with van der Waals surface area (Å²) in [5.74, 6) is -0.607. The third-order valence-corrected chi connectivity index (χ3v) is 5.69. The average Bonchev–Trinajstić information content (AvgIpc) is 2.92. The first-order valence-electron chi connectivity index (χ1n) is 11.8. The maximum absolute atomic E-state index is 12.4. The third-order valence-electron chi connectivity index (χ3n) is 5.10. The molecule has 0 unspecified atom stereocenters. The van der Waals surface area contributed by atoms with Gasteiger partial charge < -0.3 is 29.2 Å². The van der Waals surface area contributed by atoms with Gasteiger partial charge in [-0.05, 0) is 64.8 Å². The van der Waals surface area contributed by atoms with Gasteiger partial charge in [-0.1, -0.05) is 12.7 Å². The summed E-state index contributed by atoms with van der Waals surface area (Å²) >= 11 is 3.44. The van der Waals surface area contributed by atoms with Crippen molar-refractivity contribution in [1.82, 2.24) is 10.3 Å². The van der Waals surface area contributed by atoms with Crippen molar-refractivity contribution >= 4 is 45.6 Å².